The molecule has 0 aromatic heterocycles. The minimum absolute atomic E-state index is 0.833. The molecule has 0 heteroatoms. The third kappa shape index (κ3) is 20.1. The summed E-state index contributed by atoms with van der Waals surface area (Å²) in [7, 11) is 0. The zero-order chi connectivity index (χ0) is 36.1. The van der Waals surface area contributed by atoms with Crippen molar-refractivity contribution in [3.05, 3.63) is 0 Å². The van der Waals surface area contributed by atoms with Crippen LogP contribution in [0.25, 0.3) is 0 Å². The molecule has 4 spiro atoms. The third-order valence-electron chi connectivity index (χ3n) is 12.3. The molecule has 0 nitrogen and oxygen atoms in total. The van der Waals surface area contributed by atoms with E-state index in [1.807, 2.05) is 0 Å². The summed E-state index contributed by atoms with van der Waals surface area (Å²) in [5, 5.41) is 0. The van der Waals surface area contributed by atoms with Crippen LogP contribution in [0.3, 0.4) is 0 Å². The Kier molecular flexibility index (Phi) is 23.3. The molecule has 0 N–H and O–H groups in total. The second-order valence-corrected chi connectivity index (χ2v) is 21.2. The van der Waals surface area contributed by atoms with Gasteiger partial charge in [-0.05, 0) is 148 Å². The van der Waals surface area contributed by atoms with Gasteiger partial charge in [0.25, 0.3) is 0 Å². The minimum atomic E-state index is 0.833. The molecule has 0 amide bonds. The maximum atomic E-state index is 2.17. The van der Waals surface area contributed by atoms with E-state index >= 15 is 0 Å². The lowest BCUT2D eigenvalue weighted by atomic mass is 9.68. The third-order valence-corrected chi connectivity index (χ3v) is 12.3. The van der Waals surface area contributed by atoms with Gasteiger partial charge in [0.15, 0.2) is 0 Å². The molecular formula is C48H96. The molecule has 8 aliphatic rings. The molecule has 8 rings (SSSR count). The first-order valence-electron chi connectivity index (χ1n) is 22.6. The molecule has 0 aromatic carbocycles. The Balaban J connectivity index is 0.000000281. The van der Waals surface area contributed by atoms with E-state index in [-0.39, 0.29) is 0 Å². The summed E-state index contributed by atoms with van der Waals surface area (Å²) in [6, 6.07) is 0. The van der Waals surface area contributed by atoms with Crippen LogP contribution < -0.4 is 0 Å². The largest absolute Gasteiger partial charge is 0.0630 e. The molecule has 0 heterocycles. The molecule has 0 atom stereocenters. The van der Waals surface area contributed by atoms with Gasteiger partial charge in [0.1, 0.15) is 0 Å². The summed E-state index contributed by atoms with van der Waals surface area (Å²) >= 11 is 0. The second-order valence-electron chi connectivity index (χ2n) is 21.2. The van der Waals surface area contributed by atoms with Crippen molar-refractivity contribution in [3.63, 3.8) is 0 Å². The highest BCUT2D eigenvalue weighted by Gasteiger charge is 2.40. The van der Waals surface area contributed by atoms with Crippen LogP contribution in [0.1, 0.15) is 263 Å². The van der Waals surface area contributed by atoms with Crippen LogP contribution in [0.5, 0.6) is 0 Å². The molecule has 8 aliphatic carbocycles. The molecular weight excluding hydrogens is 577 g/mol. The van der Waals surface area contributed by atoms with E-state index < -0.39 is 0 Å². The molecule has 8 fully saturated rings. The lowest BCUT2D eigenvalue weighted by Crippen LogP contribution is -2.24. The average Bonchev–Trinajstić information content (AvgIpc) is 3.73. The second kappa shape index (κ2) is 24.3. The fourth-order valence-corrected chi connectivity index (χ4v) is 9.21. The van der Waals surface area contributed by atoms with E-state index in [4.69, 9.17) is 0 Å². The Bertz CT molecular complexity index is 565. The monoisotopic (exact) mass is 673 g/mol. The highest BCUT2D eigenvalue weighted by molar-refractivity contribution is 4.93. The molecule has 48 heavy (non-hydrogen) atoms. The molecule has 0 bridgehead atoms. The summed E-state index contributed by atoms with van der Waals surface area (Å²) in [5.74, 6) is 3.33. The van der Waals surface area contributed by atoms with Gasteiger partial charge in [0.05, 0.1) is 0 Å². The predicted molar refractivity (Wildman–Crippen MR) is 221 cm³/mol. The molecule has 288 valence electrons. The van der Waals surface area contributed by atoms with Gasteiger partial charge >= 0.3 is 0 Å². The summed E-state index contributed by atoms with van der Waals surface area (Å²) in [6.07, 6.45) is 43.3. The molecule has 8 saturated carbocycles. The van der Waals surface area contributed by atoms with Gasteiger partial charge in [-0.15, -0.1) is 0 Å². The average molecular weight is 673 g/mol. The fraction of sp³-hybridized carbons (Fsp3) is 1.00. The Morgan fingerprint density at radius 2 is 0.271 bits per heavy atom. The Labute approximate surface area is 307 Å². The van der Waals surface area contributed by atoms with Crippen LogP contribution in [0.4, 0.5) is 0 Å². The zero-order valence-corrected chi connectivity index (χ0v) is 36.1. The highest BCUT2D eigenvalue weighted by Crippen LogP contribution is 2.55. The van der Waals surface area contributed by atoms with E-state index in [1.54, 1.807) is 103 Å². The predicted octanol–water partition coefficient (Wildman–Crippen LogP) is 17.6. The fourth-order valence-electron chi connectivity index (χ4n) is 9.21. The lowest BCUT2D eigenvalue weighted by molar-refractivity contribution is 0.144. The van der Waals surface area contributed by atoms with E-state index in [0.29, 0.717) is 0 Å². The quantitative estimate of drug-likeness (QED) is 0.240. The number of rotatable bonds is 0. The molecule has 0 unspecified atom stereocenters. The first kappa shape index (κ1) is 46.0. The Morgan fingerprint density at radius 1 is 0.188 bits per heavy atom. The van der Waals surface area contributed by atoms with Crippen molar-refractivity contribution >= 4 is 0 Å². The van der Waals surface area contributed by atoms with Crippen molar-refractivity contribution in [2.45, 2.75) is 263 Å². The molecule has 0 aromatic rings. The summed E-state index contributed by atoms with van der Waals surface area (Å²) < 4.78 is 0. The molecule has 0 saturated heterocycles. The van der Waals surface area contributed by atoms with Gasteiger partial charge in [0.2, 0.25) is 0 Å². The first-order chi connectivity index (χ1) is 22.6. The number of hydrogen-bond donors (Lipinski definition) is 0. The van der Waals surface area contributed by atoms with E-state index in [1.165, 1.54) is 77.0 Å². The van der Waals surface area contributed by atoms with Crippen molar-refractivity contribution in [2.24, 2.45) is 45.3 Å². The highest BCUT2D eigenvalue weighted by atomic mass is 14.5. The van der Waals surface area contributed by atoms with Crippen LogP contribution in [0, 0.1) is 45.3 Å². The van der Waals surface area contributed by atoms with Gasteiger partial charge < -0.3 is 0 Å². The summed E-state index contributed by atoms with van der Waals surface area (Å²) in [6.45, 7) is 26.0. The molecule has 0 aliphatic heterocycles. The van der Waals surface area contributed by atoms with Crippen molar-refractivity contribution < 1.29 is 0 Å². The van der Waals surface area contributed by atoms with Crippen LogP contribution in [-0.2, 0) is 0 Å². The van der Waals surface area contributed by atoms with Crippen LogP contribution >= 0.6 is 0 Å². The first-order valence-corrected chi connectivity index (χ1v) is 22.6. The van der Waals surface area contributed by atoms with E-state index in [9.17, 15) is 0 Å². The van der Waals surface area contributed by atoms with Crippen LogP contribution in [0.2, 0.25) is 0 Å². The smallest absolute Gasteiger partial charge is 0.0297 e. The van der Waals surface area contributed by atoms with Crippen LogP contribution in [0.15, 0.2) is 0 Å². The van der Waals surface area contributed by atoms with Gasteiger partial charge in [-0.25, -0.2) is 0 Å². The maximum Gasteiger partial charge on any atom is -0.0297 e. The normalized spacial score (nSPS) is 25.0. The van der Waals surface area contributed by atoms with Crippen molar-refractivity contribution in [1.29, 1.82) is 0 Å². The summed E-state index contributed by atoms with van der Waals surface area (Å²) in [4.78, 5) is 0. The minimum Gasteiger partial charge on any atom is -0.0630 e. The lowest BCUT2D eigenvalue weighted by Gasteiger charge is -2.38. The van der Waals surface area contributed by atoms with Crippen molar-refractivity contribution in [1.82, 2.24) is 0 Å². The van der Waals surface area contributed by atoms with Gasteiger partial charge in [-0.1, -0.05) is 160 Å². The van der Waals surface area contributed by atoms with Gasteiger partial charge in [0, 0.05) is 0 Å². The SMILES string of the molecule is C1CCC2(C1)CCC2.C1CCC2(C1)CCC2.C1CCC2(C1)CCC2.C1CCC2(C1)CCC2.CC(C)C.CC(C)C.CC(C)C.CC(C)C. The topological polar surface area (TPSA) is 0 Å². The standard InChI is InChI=1S/4C8H14.4C4H10/c4*1-2-5-8(4-1)6-3-7-8;4*1-4(2)3/h4*1-7H2;4*4H,1-3H3. The van der Waals surface area contributed by atoms with Crippen molar-refractivity contribution in [2.75, 3.05) is 0 Å². The Hall–Kier alpha value is 0. The Morgan fingerprint density at radius 3 is 0.312 bits per heavy atom. The zero-order valence-electron chi connectivity index (χ0n) is 36.1. The maximum absolute atomic E-state index is 2.17. The van der Waals surface area contributed by atoms with Crippen molar-refractivity contribution in [3.8, 4) is 0 Å². The van der Waals surface area contributed by atoms with Gasteiger partial charge in [-0.2, -0.15) is 0 Å². The van der Waals surface area contributed by atoms with E-state index in [2.05, 4.69) is 83.1 Å². The number of hydrogen-bond acceptors (Lipinski definition) is 0. The summed E-state index contributed by atoms with van der Waals surface area (Å²) in [5.41, 5.74) is 3.67. The van der Waals surface area contributed by atoms with Gasteiger partial charge in [-0.3, -0.25) is 0 Å². The van der Waals surface area contributed by atoms with E-state index in [0.717, 1.165) is 45.3 Å². The molecule has 0 radical (unpaired) electrons. The van der Waals surface area contributed by atoms with Crippen LogP contribution in [-0.4, -0.2) is 0 Å².